The quantitative estimate of drug-likeness (QED) is 0.895. The summed E-state index contributed by atoms with van der Waals surface area (Å²) in [5, 5.41) is 4.38. The SMILES string of the molecule is CC(NCCN1CCSCC1)c1cccc(Cl)c1. The van der Waals surface area contributed by atoms with E-state index in [-0.39, 0.29) is 0 Å². The number of hydrogen-bond donors (Lipinski definition) is 1. The molecule has 0 aromatic heterocycles. The van der Waals surface area contributed by atoms with E-state index < -0.39 is 0 Å². The molecule has 1 fully saturated rings. The maximum atomic E-state index is 6.01. The second-order valence-corrected chi connectivity index (χ2v) is 6.35. The molecule has 1 heterocycles. The molecule has 0 aliphatic carbocycles. The third kappa shape index (κ3) is 4.47. The molecule has 100 valence electrons. The van der Waals surface area contributed by atoms with Crippen LogP contribution in [0.4, 0.5) is 0 Å². The molecule has 1 saturated heterocycles. The molecule has 1 aromatic carbocycles. The Kier molecular flexibility index (Phi) is 5.83. The first-order valence-electron chi connectivity index (χ1n) is 6.54. The van der Waals surface area contributed by atoms with E-state index in [2.05, 4.69) is 35.0 Å². The molecule has 4 heteroatoms. The van der Waals surface area contributed by atoms with Crippen molar-refractivity contribution >= 4 is 23.4 Å². The molecule has 1 atom stereocenters. The second kappa shape index (κ2) is 7.39. The van der Waals surface area contributed by atoms with Gasteiger partial charge in [-0.2, -0.15) is 11.8 Å². The first-order chi connectivity index (χ1) is 8.75. The summed E-state index contributed by atoms with van der Waals surface area (Å²) in [6, 6.07) is 8.46. The van der Waals surface area contributed by atoms with Gasteiger partial charge in [0.1, 0.15) is 0 Å². The van der Waals surface area contributed by atoms with E-state index >= 15 is 0 Å². The average molecular weight is 285 g/mol. The Labute approximate surface area is 119 Å². The molecule has 18 heavy (non-hydrogen) atoms. The first kappa shape index (κ1) is 14.2. The van der Waals surface area contributed by atoms with E-state index in [4.69, 9.17) is 11.6 Å². The third-order valence-corrected chi connectivity index (χ3v) is 4.51. The Balaban J connectivity index is 1.72. The van der Waals surface area contributed by atoms with E-state index in [0.717, 1.165) is 18.1 Å². The van der Waals surface area contributed by atoms with E-state index in [1.54, 1.807) is 0 Å². The van der Waals surface area contributed by atoms with Crippen molar-refractivity contribution in [1.82, 2.24) is 10.2 Å². The fourth-order valence-corrected chi connectivity index (χ4v) is 3.34. The van der Waals surface area contributed by atoms with Crippen molar-refractivity contribution in [2.75, 3.05) is 37.7 Å². The highest BCUT2D eigenvalue weighted by Crippen LogP contribution is 2.17. The summed E-state index contributed by atoms with van der Waals surface area (Å²) in [6.45, 7) is 6.84. The van der Waals surface area contributed by atoms with Crippen LogP contribution in [0.2, 0.25) is 5.02 Å². The van der Waals surface area contributed by atoms with E-state index in [1.165, 1.54) is 30.2 Å². The summed E-state index contributed by atoms with van der Waals surface area (Å²) in [4.78, 5) is 2.54. The summed E-state index contributed by atoms with van der Waals surface area (Å²) in [5.74, 6) is 2.56. The van der Waals surface area contributed by atoms with Gasteiger partial charge in [-0.25, -0.2) is 0 Å². The minimum absolute atomic E-state index is 0.364. The molecule has 0 saturated carbocycles. The Hall–Kier alpha value is -0.220. The number of thioether (sulfide) groups is 1. The Morgan fingerprint density at radius 3 is 2.89 bits per heavy atom. The zero-order valence-corrected chi connectivity index (χ0v) is 12.4. The van der Waals surface area contributed by atoms with Crippen molar-refractivity contribution in [3.8, 4) is 0 Å². The highest BCUT2D eigenvalue weighted by Gasteiger charge is 2.10. The first-order valence-corrected chi connectivity index (χ1v) is 8.08. The monoisotopic (exact) mass is 284 g/mol. The summed E-state index contributed by atoms with van der Waals surface area (Å²) in [6.07, 6.45) is 0. The fourth-order valence-electron chi connectivity index (χ4n) is 2.16. The average Bonchev–Trinajstić information content (AvgIpc) is 2.40. The minimum atomic E-state index is 0.364. The van der Waals surface area contributed by atoms with E-state index in [0.29, 0.717) is 6.04 Å². The van der Waals surface area contributed by atoms with Crippen molar-refractivity contribution < 1.29 is 0 Å². The summed E-state index contributed by atoms with van der Waals surface area (Å²) < 4.78 is 0. The Morgan fingerprint density at radius 2 is 2.17 bits per heavy atom. The van der Waals surface area contributed by atoms with Crippen molar-refractivity contribution in [3.63, 3.8) is 0 Å². The van der Waals surface area contributed by atoms with Crippen molar-refractivity contribution in [2.45, 2.75) is 13.0 Å². The smallest absolute Gasteiger partial charge is 0.0409 e. The van der Waals surface area contributed by atoms with Crippen LogP contribution in [-0.2, 0) is 0 Å². The molecule has 2 nitrogen and oxygen atoms in total. The van der Waals surface area contributed by atoms with Crippen LogP contribution >= 0.6 is 23.4 Å². The van der Waals surface area contributed by atoms with Gasteiger partial charge in [-0.05, 0) is 24.6 Å². The van der Waals surface area contributed by atoms with Gasteiger partial charge in [-0.15, -0.1) is 0 Å². The molecule has 1 unspecified atom stereocenters. The molecule has 0 amide bonds. The van der Waals surface area contributed by atoms with Gasteiger partial charge in [0.05, 0.1) is 0 Å². The highest BCUT2D eigenvalue weighted by atomic mass is 35.5. The van der Waals surface area contributed by atoms with Crippen molar-refractivity contribution in [3.05, 3.63) is 34.9 Å². The molecule has 0 radical (unpaired) electrons. The largest absolute Gasteiger partial charge is 0.309 e. The Bertz CT molecular complexity index is 367. The fraction of sp³-hybridized carbons (Fsp3) is 0.571. The normalized spacial score (nSPS) is 18.8. The lowest BCUT2D eigenvalue weighted by Crippen LogP contribution is -2.38. The zero-order valence-electron chi connectivity index (χ0n) is 10.9. The second-order valence-electron chi connectivity index (χ2n) is 4.68. The topological polar surface area (TPSA) is 15.3 Å². The van der Waals surface area contributed by atoms with Crippen LogP contribution in [0.15, 0.2) is 24.3 Å². The number of nitrogens with one attached hydrogen (secondary N) is 1. The molecule has 2 rings (SSSR count). The van der Waals surface area contributed by atoms with Gasteiger partial charge in [0.2, 0.25) is 0 Å². The van der Waals surface area contributed by atoms with E-state index in [1.807, 2.05) is 18.2 Å². The maximum absolute atomic E-state index is 6.01. The lowest BCUT2D eigenvalue weighted by Gasteiger charge is -2.26. The number of hydrogen-bond acceptors (Lipinski definition) is 3. The zero-order chi connectivity index (χ0) is 12.8. The van der Waals surface area contributed by atoms with Gasteiger partial charge in [-0.3, -0.25) is 0 Å². The minimum Gasteiger partial charge on any atom is -0.309 e. The highest BCUT2D eigenvalue weighted by molar-refractivity contribution is 7.99. The molecule has 1 aliphatic rings. The van der Waals surface area contributed by atoms with Crippen LogP contribution in [0.1, 0.15) is 18.5 Å². The molecular weight excluding hydrogens is 264 g/mol. The number of halogens is 1. The van der Waals surface area contributed by atoms with Gasteiger partial charge in [-0.1, -0.05) is 23.7 Å². The van der Waals surface area contributed by atoms with Crippen LogP contribution in [0.25, 0.3) is 0 Å². The van der Waals surface area contributed by atoms with Gasteiger partial charge in [0, 0.05) is 48.7 Å². The number of nitrogens with zero attached hydrogens (tertiary/aromatic N) is 1. The molecule has 1 aromatic rings. The molecule has 0 bridgehead atoms. The summed E-state index contributed by atoms with van der Waals surface area (Å²) in [7, 11) is 0. The van der Waals surface area contributed by atoms with E-state index in [9.17, 15) is 0 Å². The lowest BCUT2D eigenvalue weighted by molar-refractivity contribution is 0.297. The van der Waals surface area contributed by atoms with Crippen LogP contribution in [0.5, 0.6) is 0 Å². The number of rotatable bonds is 5. The van der Waals surface area contributed by atoms with Crippen molar-refractivity contribution in [2.24, 2.45) is 0 Å². The standard InChI is InChI=1S/C14H21ClN2S/c1-12(13-3-2-4-14(15)11-13)16-5-6-17-7-9-18-10-8-17/h2-4,11-12,16H,5-10H2,1H3. The van der Waals surface area contributed by atoms with Crippen LogP contribution in [0.3, 0.4) is 0 Å². The predicted octanol–water partition coefficient (Wildman–Crippen LogP) is 3.04. The maximum Gasteiger partial charge on any atom is 0.0409 e. The predicted molar refractivity (Wildman–Crippen MR) is 81.6 cm³/mol. The lowest BCUT2D eigenvalue weighted by atomic mass is 10.1. The molecular formula is C14H21ClN2S. The molecule has 1 N–H and O–H groups in total. The summed E-state index contributed by atoms with van der Waals surface area (Å²) >= 11 is 8.07. The van der Waals surface area contributed by atoms with Crippen LogP contribution < -0.4 is 5.32 Å². The Morgan fingerprint density at radius 1 is 1.39 bits per heavy atom. The van der Waals surface area contributed by atoms with Crippen LogP contribution in [-0.4, -0.2) is 42.6 Å². The third-order valence-electron chi connectivity index (χ3n) is 3.33. The molecule has 1 aliphatic heterocycles. The van der Waals surface area contributed by atoms with Gasteiger partial charge >= 0.3 is 0 Å². The van der Waals surface area contributed by atoms with Gasteiger partial charge in [0.25, 0.3) is 0 Å². The summed E-state index contributed by atoms with van der Waals surface area (Å²) in [5.41, 5.74) is 1.26. The van der Waals surface area contributed by atoms with Crippen LogP contribution in [0, 0.1) is 0 Å². The van der Waals surface area contributed by atoms with Gasteiger partial charge < -0.3 is 10.2 Å². The van der Waals surface area contributed by atoms with Gasteiger partial charge in [0.15, 0.2) is 0 Å². The van der Waals surface area contributed by atoms with Crippen molar-refractivity contribution in [1.29, 1.82) is 0 Å². The number of benzene rings is 1. The molecule has 0 spiro atoms.